The second kappa shape index (κ2) is 5.54. The van der Waals surface area contributed by atoms with Gasteiger partial charge in [-0.2, -0.15) is 0 Å². The number of ether oxygens (including phenoxy) is 1. The minimum Gasteiger partial charge on any atom is -0.455 e. The molecule has 0 atom stereocenters. The summed E-state index contributed by atoms with van der Waals surface area (Å²) in [6, 6.07) is 3.42. The van der Waals surface area contributed by atoms with Crippen LogP contribution in [0.5, 0.6) is 0 Å². The molecule has 0 aliphatic carbocycles. The Morgan fingerprint density at radius 2 is 1.96 bits per heavy atom. The number of imidazole rings is 1. The molecular formula is C18H19N3O4. The summed E-state index contributed by atoms with van der Waals surface area (Å²) >= 11 is 0. The molecule has 0 spiro atoms. The second-order valence-corrected chi connectivity index (χ2v) is 7.02. The standard InChI is InChI=1S/C18H19N3O4/c1-10-6-11(8-22)14-12(7-10)16(23)20(5)15-13(19-9-21(14)15)17(24)25-18(2,3)4/h6-9H,1-5H3. The van der Waals surface area contributed by atoms with E-state index in [1.165, 1.54) is 10.9 Å². The van der Waals surface area contributed by atoms with Crippen LogP contribution in [0.1, 0.15) is 47.2 Å². The van der Waals surface area contributed by atoms with Gasteiger partial charge in [-0.25, -0.2) is 9.78 Å². The van der Waals surface area contributed by atoms with Crippen molar-refractivity contribution in [2.75, 3.05) is 0 Å². The van der Waals surface area contributed by atoms with Crippen LogP contribution >= 0.6 is 0 Å². The number of nitrogens with zero attached hydrogens (tertiary/aromatic N) is 3. The van der Waals surface area contributed by atoms with Crippen molar-refractivity contribution in [2.45, 2.75) is 33.3 Å². The van der Waals surface area contributed by atoms with Gasteiger partial charge in [-0.3, -0.25) is 18.6 Å². The molecule has 0 saturated carbocycles. The molecule has 0 fully saturated rings. The number of rotatable bonds is 2. The fourth-order valence-electron chi connectivity index (χ4n) is 2.90. The molecule has 3 aromatic rings. The quantitative estimate of drug-likeness (QED) is 0.527. The van der Waals surface area contributed by atoms with E-state index in [1.807, 2.05) is 6.92 Å². The molecule has 3 rings (SSSR count). The monoisotopic (exact) mass is 341 g/mol. The summed E-state index contributed by atoms with van der Waals surface area (Å²) in [5.74, 6) is -0.621. The van der Waals surface area contributed by atoms with Crippen molar-refractivity contribution in [1.82, 2.24) is 14.0 Å². The van der Waals surface area contributed by atoms with Gasteiger partial charge >= 0.3 is 5.97 Å². The Hall–Kier alpha value is -2.96. The van der Waals surface area contributed by atoms with Gasteiger partial charge in [0.1, 0.15) is 11.9 Å². The van der Waals surface area contributed by atoms with Crippen LogP contribution < -0.4 is 5.56 Å². The molecular weight excluding hydrogens is 322 g/mol. The van der Waals surface area contributed by atoms with Gasteiger partial charge in [-0.05, 0) is 45.4 Å². The van der Waals surface area contributed by atoms with E-state index in [1.54, 1.807) is 44.4 Å². The van der Waals surface area contributed by atoms with Crippen LogP contribution in [0, 0.1) is 6.92 Å². The molecule has 7 heteroatoms. The Labute approximate surface area is 143 Å². The fourth-order valence-corrected chi connectivity index (χ4v) is 2.90. The molecule has 7 nitrogen and oxygen atoms in total. The lowest BCUT2D eigenvalue weighted by Gasteiger charge is -2.19. The first-order valence-electron chi connectivity index (χ1n) is 7.83. The van der Waals surface area contributed by atoms with Crippen LogP contribution in [-0.4, -0.2) is 31.8 Å². The Balaban J connectivity index is 2.42. The first kappa shape index (κ1) is 16.9. The maximum atomic E-state index is 12.8. The summed E-state index contributed by atoms with van der Waals surface area (Å²) in [4.78, 5) is 40.9. The van der Waals surface area contributed by atoms with Crippen LogP contribution in [0.15, 0.2) is 23.3 Å². The number of aldehydes is 1. The largest absolute Gasteiger partial charge is 0.455 e. The first-order chi connectivity index (χ1) is 11.6. The van der Waals surface area contributed by atoms with Gasteiger partial charge in [0.15, 0.2) is 17.6 Å². The van der Waals surface area contributed by atoms with E-state index >= 15 is 0 Å². The van der Waals surface area contributed by atoms with E-state index in [-0.39, 0.29) is 11.3 Å². The molecule has 0 aliphatic heterocycles. The number of benzene rings is 1. The Morgan fingerprint density at radius 1 is 1.28 bits per heavy atom. The van der Waals surface area contributed by atoms with E-state index in [9.17, 15) is 14.4 Å². The van der Waals surface area contributed by atoms with Gasteiger partial charge in [-0.1, -0.05) is 0 Å². The highest BCUT2D eigenvalue weighted by molar-refractivity contribution is 6.00. The van der Waals surface area contributed by atoms with E-state index in [2.05, 4.69) is 4.98 Å². The molecule has 0 amide bonds. The number of esters is 1. The zero-order valence-corrected chi connectivity index (χ0v) is 14.8. The number of aryl methyl sites for hydroxylation is 2. The molecule has 1 aromatic carbocycles. The third-order valence-electron chi connectivity index (χ3n) is 3.84. The predicted molar refractivity (Wildman–Crippen MR) is 93.2 cm³/mol. The number of fused-ring (bicyclic) bond motifs is 3. The third-order valence-corrected chi connectivity index (χ3v) is 3.84. The molecule has 0 bridgehead atoms. The summed E-state index contributed by atoms with van der Waals surface area (Å²) in [6.45, 7) is 7.08. The number of hydrogen-bond donors (Lipinski definition) is 0. The summed E-state index contributed by atoms with van der Waals surface area (Å²) < 4.78 is 8.31. The SMILES string of the molecule is Cc1cc(C=O)c2c(c1)c(=O)n(C)c1c(C(=O)OC(C)(C)C)ncn21. The third kappa shape index (κ3) is 2.71. The summed E-state index contributed by atoms with van der Waals surface area (Å²) in [5, 5.41) is 0.394. The molecule has 2 heterocycles. The second-order valence-electron chi connectivity index (χ2n) is 7.02. The maximum Gasteiger partial charge on any atom is 0.361 e. The van der Waals surface area contributed by atoms with Gasteiger partial charge in [0.25, 0.3) is 5.56 Å². The number of hydrogen-bond acceptors (Lipinski definition) is 5. The lowest BCUT2D eigenvalue weighted by Crippen LogP contribution is -2.26. The summed E-state index contributed by atoms with van der Waals surface area (Å²) in [6.07, 6.45) is 2.13. The van der Waals surface area contributed by atoms with Crippen molar-refractivity contribution in [3.8, 4) is 0 Å². The molecule has 0 saturated heterocycles. The maximum absolute atomic E-state index is 12.8. The van der Waals surface area contributed by atoms with Gasteiger partial charge in [0.05, 0.1) is 10.9 Å². The van der Waals surface area contributed by atoms with E-state index < -0.39 is 11.6 Å². The predicted octanol–water partition coefficient (Wildman–Crippen LogP) is 2.26. The lowest BCUT2D eigenvalue weighted by atomic mass is 10.1. The first-order valence-corrected chi connectivity index (χ1v) is 7.83. The summed E-state index contributed by atoms with van der Waals surface area (Å²) in [5.41, 5.74) is 0.936. The van der Waals surface area contributed by atoms with Gasteiger partial charge < -0.3 is 4.74 Å². The molecule has 2 aromatic heterocycles. The van der Waals surface area contributed by atoms with Crippen molar-refractivity contribution in [2.24, 2.45) is 7.05 Å². The molecule has 0 N–H and O–H groups in total. The highest BCUT2D eigenvalue weighted by Crippen LogP contribution is 2.22. The fraction of sp³-hybridized carbons (Fsp3) is 0.333. The normalized spacial score (nSPS) is 11.9. The van der Waals surface area contributed by atoms with E-state index in [0.717, 1.165) is 5.56 Å². The highest BCUT2D eigenvalue weighted by Gasteiger charge is 2.25. The minimum atomic E-state index is -0.687. The van der Waals surface area contributed by atoms with Crippen molar-refractivity contribution in [3.63, 3.8) is 0 Å². The van der Waals surface area contributed by atoms with Crippen LogP contribution in [0.4, 0.5) is 0 Å². The van der Waals surface area contributed by atoms with Crippen molar-refractivity contribution < 1.29 is 14.3 Å². The average molecular weight is 341 g/mol. The van der Waals surface area contributed by atoms with Crippen molar-refractivity contribution in [1.29, 1.82) is 0 Å². The Bertz CT molecular complexity index is 1080. The van der Waals surface area contributed by atoms with Gasteiger partial charge in [0.2, 0.25) is 0 Å². The van der Waals surface area contributed by atoms with Crippen molar-refractivity contribution >= 4 is 28.8 Å². The van der Waals surface area contributed by atoms with E-state index in [4.69, 9.17) is 4.74 Å². The lowest BCUT2D eigenvalue weighted by molar-refractivity contribution is 0.00652. The Morgan fingerprint density at radius 3 is 2.56 bits per heavy atom. The number of carbonyl (C=O) groups is 2. The molecule has 0 radical (unpaired) electrons. The summed E-state index contributed by atoms with van der Waals surface area (Å²) in [7, 11) is 1.57. The smallest absolute Gasteiger partial charge is 0.361 e. The zero-order valence-electron chi connectivity index (χ0n) is 14.8. The molecule has 25 heavy (non-hydrogen) atoms. The number of aromatic nitrogens is 3. The molecule has 130 valence electrons. The van der Waals surface area contributed by atoms with Crippen molar-refractivity contribution in [3.05, 3.63) is 45.6 Å². The van der Waals surface area contributed by atoms with Crippen LogP contribution in [0.3, 0.4) is 0 Å². The van der Waals surface area contributed by atoms with E-state index in [0.29, 0.717) is 28.4 Å². The van der Waals surface area contributed by atoms with Gasteiger partial charge in [0, 0.05) is 12.6 Å². The van der Waals surface area contributed by atoms with Crippen LogP contribution in [0.25, 0.3) is 16.6 Å². The van der Waals surface area contributed by atoms with Gasteiger partial charge in [-0.15, -0.1) is 0 Å². The topological polar surface area (TPSA) is 82.7 Å². The van der Waals surface area contributed by atoms with Crippen LogP contribution in [-0.2, 0) is 11.8 Å². The minimum absolute atomic E-state index is 0.0360. The molecule has 0 aliphatic rings. The Kier molecular flexibility index (Phi) is 3.74. The highest BCUT2D eigenvalue weighted by atomic mass is 16.6. The average Bonchev–Trinajstić information content (AvgIpc) is 2.95. The van der Waals surface area contributed by atoms with Crippen LogP contribution in [0.2, 0.25) is 0 Å². The molecule has 0 unspecified atom stereocenters. The zero-order chi connectivity index (χ0) is 18.5. The number of carbonyl (C=O) groups excluding carboxylic acids is 2.